The highest BCUT2D eigenvalue weighted by atomic mass is 32.1. The van der Waals surface area contributed by atoms with Gasteiger partial charge in [-0.1, -0.05) is 6.07 Å². The molecule has 2 unspecified atom stereocenters. The summed E-state index contributed by atoms with van der Waals surface area (Å²) < 4.78 is 6.87. The Kier molecular flexibility index (Phi) is 2.78. The molecule has 0 aliphatic heterocycles. The Morgan fingerprint density at radius 3 is 3.10 bits per heavy atom. The van der Waals surface area contributed by atoms with E-state index in [2.05, 4.69) is 16.0 Å². The van der Waals surface area contributed by atoms with E-state index in [1.165, 1.54) is 28.4 Å². The summed E-state index contributed by atoms with van der Waals surface area (Å²) in [5, 5.41) is 1.86. The van der Waals surface area contributed by atoms with Crippen LogP contribution in [0.15, 0.2) is 40.9 Å². The molecular formula is C15H13N3O2S. The first kappa shape index (κ1) is 12.5. The maximum Gasteiger partial charge on any atom is 0.301 e. The molecule has 106 valence electrons. The maximum absolute atomic E-state index is 12.4. The lowest BCUT2D eigenvalue weighted by atomic mass is 10.1. The van der Waals surface area contributed by atoms with Crippen LogP contribution in [0.2, 0.25) is 0 Å². The molecule has 3 heterocycles. The van der Waals surface area contributed by atoms with Crippen molar-refractivity contribution in [2.45, 2.75) is 18.3 Å². The van der Waals surface area contributed by atoms with Crippen LogP contribution in [-0.2, 0) is 0 Å². The smallest absolute Gasteiger partial charge is 0.301 e. The van der Waals surface area contributed by atoms with E-state index in [0.717, 1.165) is 12.1 Å². The predicted octanol–water partition coefficient (Wildman–Crippen LogP) is 2.43. The molecule has 0 saturated heterocycles. The predicted molar refractivity (Wildman–Crippen MR) is 80.2 cm³/mol. The van der Waals surface area contributed by atoms with Gasteiger partial charge in [0.1, 0.15) is 0 Å². The van der Waals surface area contributed by atoms with Crippen LogP contribution < -0.4 is 10.3 Å². The molecule has 1 fully saturated rings. The number of rotatable bonds is 3. The van der Waals surface area contributed by atoms with Crippen molar-refractivity contribution in [2.24, 2.45) is 0 Å². The molecule has 3 aromatic rings. The highest BCUT2D eigenvalue weighted by Crippen LogP contribution is 2.55. The highest BCUT2D eigenvalue weighted by Gasteiger charge is 2.43. The number of pyridine rings is 1. The molecule has 0 radical (unpaired) electrons. The molecule has 0 aromatic carbocycles. The zero-order valence-electron chi connectivity index (χ0n) is 11.4. The Balaban J connectivity index is 1.79. The van der Waals surface area contributed by atoms with E-state index in [-0.39, 0.29) is 11.5 Å². The van der Waals surface area contributed by atoms with Gasteiger partial charge in [-0.05, 0) is 24.0 Å². The number of ether oxygens (including phenoxy) is 1. The van der Waals surface area contributed by atoms with Crippen LogP contribution >= 0.6 is 11.3 Å². The Labute approximate surface area is 124 Å². The van der Waals surface area contributed by atoms with Gasteiger partial charge >= 0.3 is 5.56 Å². The van der Waals surface area contributed by atoms with Gasteiger partial charge in [0.05, 0.1) is 12.8 Å². The molecule has 0 N–H and O–H groups in total. The summed E-state index contributed by atoms with van der Waals surface area (Å²) in [5.74, 6) is 0.980. The lowest BCUT2D eigenvalue weighted by Gasteiger charge is -2.07. The summed E-state index contributed by atoms with van der Waals surface area (Å²) in [6.45, 7) is 0. The molecule has 0 amide bonds. The van der Waals surface area contributed by atoms with Crippen molar-refractivity contribution in [3.8, 4) is 5.75 Å². The van der Waals surface area contributed by atoms with E-state index < -0.39 is 0 Å². The topological polar surface area (TPSA) is 56.5 Å². The molecule has 1 aliphatic rings. The van der Waals surface area contributed by atoms with Gasteiger partial charge in [-0.15, -0.1) is 11.3 Å². The summed E-state index contributed by atoms with van der Waals surface area (Å²) in [6, 6.07) is 4.01. The van der Waals surface area contributed by atoms with Crippen LogP contribution in [0.1, 0.15) is 29.5 Å². The van der Waals surface area contributed by atoms with Gasteiger partial charge in [-0.2, -0.15) is 0 Å². The number of aromatic nitrogens is 3. The molecule has 5 nitrogen and oxygen atoms in total. The SMILES string of the molecule is COc1c(C2CC2c2cccnc2)nc2sccn2c1=O. The molecular weight excluding hydrogens is 286 g/mol. The fourth-order valence-corrected chi connectivity index (χ4v) is 3.50. The third-order valence-electron chi connectivity index (χ3n) is 3.91. The van der Waals surface area contributed by atoms with Gasteiger partial charge in [0, 0.05) is 29.9 Å². The Morgan fingerprint density at radius 2 is 2.33 bits per heavy atom. The van der Waals surface area contributed by atoms with Crippen molar-refractivity contribution >= 4 is 16.3 Å². The second-order valence-corrected chi connectivity index (χ2v) is 6.00. The van der Waals surface area contributed by atoms with Crippen LogP contribution in [0.5, 0.6) is 5.75 Å². The van der Waals surface area contributed by atoms with Gasteiger partial charge in [-0.25, -0.2) is 4.98 Å². The number of hydrogen-bond acceptors (Lipinski definition) is 5. The lowest BCUT2D eigenvalue weighted by Crippen LogP contribution is -2.17. The Morgan fingerprint density at radius 1 is 1.43 bits per heavy atom. The van der Waals surface area contributed by atoms with Gasteiger partial charge in [0.2, 0.25) is 5.75 Å². The largest absolute Gasteiger partial charge is 0.490 e. The highest BCUT2D eigenvalue weighted by molar-refractivity contribution is 7.15. The van der Waals surface area contributed by atoms with Crippen LogP contribution in [0, 0.1) is 0 Å². The molecule has 0 bridgehead atoms. The summed E-state index contributed by atoms with van der Waals surface area (Å²) in [7, 11) is 1.53. The van der Waals surface area contributed by atoms with Gasteiger partial charge in [0.25, 0.3) is 0 Å². The molecule has 1 saturated carbocycles. The number of fused-ring (bicyclic) bond motifs is 1. The van der Waals surface area contributed by atoms with Crippen molar-refractivity contribution in [1.82, 2.24) is 14.4 Å². The maximum atomic E-state index is 12.4. The standard InChI is InChI=1S/C15H13N3O2S/c1-20-13-12(17-15-18(14(13)19)5-6-21-15)11-7-10(11)9-3-2-4-16-8-9/h2-6,8,10-11H,7H2,1H3. The summed E-state index contributed by atoms with van der Waals surface area (Å²) >= 11 is 1.46. The first-order valence-electron chi connectivity index (χ1n) is 6.73. The average Bonchev–Trinajstić information content (AvgIpc) is 3.18. The summed E-state index contributed by atoms with van der Waals surface area (Å²) in [4.78, 5) is 21.9. The van der Waals surface area contributed by atoms with Crippen molar-refractivity contribution < 1.29 is 4.74 Å². The fraction of sp³-hybridized carbons (Fsp3) is 0.267. The van der Waals surface area contributed by atoms with Crippen molar-refractivity contribution in [3.05, 3.63) is 57.7 Å². The van der Waals surface area contributed by atoms with E-state index in [9.17, 15) is 4.79 Å². The van der Waals surface area contributed by atoms with Crippen LogP contribution in [0.3, 0.4) is 0 Å². The number of nitrogens with zero attached hydrogens (tertiary/aromatic N) is 3. The lowest BCUT2D eigenvalue weighted by molar-refractivity contribution is 0.399. The van der Waals surface area contributed by atoms with E-state index in [0.29, 0.717) is 16.6 Å². The molecule has 6 heteroatoms. The van der Waals surface area contributed by atoms with Crippen LogP contribution in [-0.4, -0.2) is 21.5 Å². The molecule has 1 aliphatic carbocycles. The number of methoxy groups -OCH3 is 1. The van der Waals surface area contributed by atoms with Gasteiger partial charge < -0.3 is 4.74 Å². The quantitative estimate of drug-likeness (QED) is 0.745. The minimum Gasteiger partial charge on any atom is -0.490 e. The second-order valence-electron chi connectivity index (χ2n) is 5.13. The molecule has 0 spiro atoms. The average molecular weight is 299 g/mol. The van der Waals surface area contributed by atoms with Crippen LogP contribution in [0.4, 0.5) is 0 Å². The normalized spacial score (nSPS) is 20.6. The zero-order valence-corrected chi connectivity index (χ0v) is 12.2. The monoisotopic (exact) mass is 299 g/mol. The second kappa shape index (κ2) is 4.66. The van der Waals surface area contributed by atoms with E-state index >= 15 is 0 Å². The number of thiazole rings is 1. The van der Waals surface area contributed by atoms with E-state index in [1.54, 1.807) is 12.4 Å². The van der Waals surface area contributed by atoms with Gasteiger partial charge in [-0.3, -0.25) is 14.2 Å². The minimum atomic E-state index is -0.129. The van der Waals surface area contributed by atoms with Crippen molar-refractivity contribution in [3.63, 3.8) is 0 Å². The number of hydrogen-bond donors (Lipinski definition) is 0. The van der Waals surface area contributed by atoms with Crippen molar-refractivity contribution in [1.29, 1.82) is 0 Å². The molecule has 4 rings (SSSR count). The third-order valence-corrected chi connectivity index (χ3v) is 4.67. The fourth-order valence-electron chi connectivity index (χ4n) is 2.78. The summed E-state index contributed by atoms with van der Waals surface area (Å²) in [5.41, 5.74) is 1.84. The first-order valence-corrected chi connectivity index (χ1v) is 7.61. The zero-order chi connectivity index (χ0) is 14.4. The summed E-state index contributed by atoms with van der Waals surface area (Å²) in [6.07, 6.45) is 6.36. The van der Waals surface area contributed by atoms with E-state index in [1.807, 2.05) is 17.6 Å². The molecule has 3 aromatic heterocycles. The Hall–Kier alpha value is -2.21. The Bertz CT molecular complexity index is 856. The minimum absolute atomic E-state index is 0.129. The van der Waals surface area contributed by atoms with Crippen molar-refractivity contribution in [2.75, 3.05) is 7.11 Å². The van der Waals surface area contributed by atoms with E-state index in [4.69, 9.17) is 4.74 Å². The first-order chi connectivity index (χ1) is 10.3. The molecule has 21 heavy (non-hydrogen) atoms. The van der Waals surface area contributed by atoms with Gasteiger partial charge in [0.15, 0.2) is 4.96 Å². The molecule has 2 atom stereocenters. The third kappa shape index (κ3) is 1.94. The van der Waals surface area contributed by atoms with Crippen LogP contribution in [0.25, 0.3) is 4.96 Å².